The molecule has 0 heterocycles. The van der Waals surface area contributed by atoms with Crippen molar-refractivity contribution >= 4 is 23.3 Å². The highest BCUT2D eigenvalue weighted by atomic mass is 35.5. The van der Waals surface area contributed by atoms with Gasteiger partial charge in [-0.25, -0.2) is 4.79 Å². The average Bonchev–Trinajstić information content (AvgIpc) is 2.68. The van der Waals surface area contributed by atoms with E-state index in [-0.39, 0.29) is 18.1 Å². The van der Waals surface area contributed by atoms with Crippen LogP contribution in [0.1, 0.15) is 5.56 Å². The zero-order valence-electron chi connectivity index (χ0n) is 15.1. The molecule has 0 aliphatic heterocycles. The minimum atomic E-state index is -0.736. The third kappa shape index (κ3) is 8.24. The van der Waals surface area contributed by atoms with Gasteiger partial charge in [-0.15, -0.1) is 0 Å². The molecule has 2 aromatic rings. The second-order valence-corrected chi connectivity index (χ2v) is 6.10. The number of hydrogen-bond acceptors (Lipinski definition) is 5. The van der Waals surface area contributed by atoms with Crippen LogP contribution in [-0.4, -0.2) is 49.0 Å². The monoisotopic (exact) mass is 406 g/mol. The number of nitriles is 1. The highest BCUT2D eigenvalue weighted by Crippen LogP contribution is 2.16. The molecule has 2 rings (SSSR count). The van der Waals surface area contributed by atoms with Crippen molar-refractivity contribution in [3.8, 4) is 11.8 Å². The van der Waals surface area contributed by atoms with E-state index in [0.717, 1.165) is 0 Å². The first-order valence-corrected chi connectivity index (χ1v) is 8.77. The van der Waals surface area contributed by atoms with Crippen molar-refractivity contribution in [3.63, 3.8) is 0 Å². The summed E-state index contributed by atoms with van der Waals surface area (Å²) in [5, 5.41) is 27.9. The van der Waals surface area contributed by atoms with Gasteiger partial charge in [-0.05, 0) is 36.4 Å². The smallest absolute Gasteiger partial charge is 0.319 e. The molecule has 0 aliphatic carbocycles. The number of hydrogen-bond donors (Lipinski definition) is 4. The molecule has 0 radical (unpaired) electrons. The van der Waals surface area contributed by atoms with Gasteiger partial charge in [0, 0.05) is 30.3 Å². The van der Waals surface area contributed by atoms with Crippen LogP contribution in [0.25, 0.3) is 0 Å². The molecule has 0 bridgehead atoms. The van der Waals surface area contributed by atoms with Crippen molar-refractivity contribution < 1.29 is 20.1 Å². The van der Waals surface area contributed by atoms with Gasteiger partial charge in [-0.1, -0.05) is 23.7 Å². The number of aliphatic hydroxyl groups excluding tert-OH is 1. The Labute approximate surface area is 168 Å². The van der Waals surface area contributed by atoms with Crippen molar-refractivity contribution in [2.24, 2.45) is 0 Å². The summed E-state index contributed by atoms with van der Waals surface area (Å²) >= 11 is 5.78. The molecule has 150 valence electrons. The Morgan fingerprint density at radius 3 is 2.61 bits per heavy atom. The van der Waals surface area contributed by atoms with Crippen LogP contribution >= 0.6 is 11.6 Å². The molecule has 0 aliphatic rings. The minimum Gasteiger partial charge on any atom is -0.489 e. The van der Waals surface area contributed by atoms with Crippen LogP contribution in [0.2, 0.25) is 5.02 Å². The third-order valence-electron chi connectivity index (χ3n) is 3.51. The van der Waals surface area contributed by atoms with Gasteiger partial charge >= 0.3 is 6.03 Å². The lowest BCUT2D eigenvalue weighted by Gasteiger charge is -2.14. The third-order valence-corrected chi connectivity index (χ3v) is 3.76. The van der Waals surface area contributed by atoms with Crippen LogP contribution in [0.3, 0.4) is 0 Å². The van der Waals surface area contributed by atoms with Crippen molar-refractivity contribution in [2.45, 2.75) is 6.10 Å². The highest BCUT2D eigenvalue weighted by molar-refractivity contribution is 6.30. The first-order valence-electron chi connectivity index (χ1n) is 8.39. The molecule has 1 atom stereocenters. The second-order valence-electron chi connectivity index (χ2n) is 5.66. The molecule has 0 fully saturated rings. The van der Waals surface area contributed by atoms with Gasteiger partial charge in [-0.3, -0.25) is 0 Å². The SMILES string of the molecule is N#Cc1ccccc1OCC(O)CNCCNC(=O)Nc1ccc(Cl)cc1.O. The normalized spacial score (nSPS) is 10.9. The molecule has 6 N–H and O–H groups in total. The number of anilines is 1. The zero-order valence-corrected chi connectivity index (χ0v) is 15.9. The van der Waals surface area contributed by atoms with Gasteiger partial charge in [0.2, 0.25) is 0 Å². The fourth-order valence-electron chi connectivity index (χ4n) is 2.17. The average molecular weight is 407 g/mol. The van der Waals surface area contributed by atoms with E-state index in [2.05, 4.69) is 16.0 Å². The van der Waals surface area contributed by atoms with E-state index in [0.29, 0.717) is 41.7 Å². The fraction of sp³-hybridized carbons (Fsp3) is 0.263. The maximum atomic E-state index is 11.7. The van der Waals surface area contributed by atoms with E-state index in [1.165, 1.54) is 0 Å². The first-order chi connectivity index (χ1) is 13.1. The molecule has 0 saturated heterocycles. The topological polar surface area (TPSA) is 138 Å². The summed E-state index contributed by atoms with van der Waals surface area (Å²) in [6.07, 6.45) is -0.736. The molecule has 0 aromatic heterocycles. The quantitative estimate of drug-likeness (QED) is 0.468. The van der Waals surface area contributed by atoms with Crippen LogP contribution in [-0.2, 0) is 0 Å². The van der Waals surface area contributed by atoms with Crippen molar-refractivity contribution in [1.29, 1.82) is 5.26 Å². The zero-order chi connectivity index (χ0) is 19.5. The molecular formula is C19H23ClN4O4. The Hall–Kier alpha value is -2.83. The van der Waals surface area contributed by atoms with Crippen molar-refractivity contribution in [1.82, 2.24) is 10.6 Å². The summed E-state index contributed by atoms with van der Waals surface area (Å²) in [6.45, 7) is 1.25. The second kappa shape index (κ2) is 12.5. The Morgan fingerprint density at radius 1 is 1.18 bits per heavy atom. The minimum absolute atomic E-state index is 0. The summed E-state index contributed by atoms with van der Waals surface area (Å²) in [5.74, 6) is 0.444. The molecule has 2 aromatic carbocycles. The van der Waals surface area contributed by atoms with Crippen LogP contribution in [0.5, 0.6) is 5.75 Å². The van der Waals surface area contributed by atoms with E-state index >= 15 is 0 Å². The number of aliphatic hydroxyl groups is 1. The summed E-state index contributed by atoms with van der Waals surface area (Å²) in [6, 6.07) is 15.4. The molecule has 0 spiro atoms. The number of carbonyl (C=O) groups is 1. The summed E-state index contributed by atoms with van der Waals surface area (Å²) in [7, 11) is 0. The Kier molecular flexibility index (Phi) is 10.4. The van der Waals surface area contributed by atoms with Gasteiger partial charge in [0.25, 0.3) is 0 Å². The summed E-state index contributed by atoms with van der Waals surface area (Å²) in [5.41, 5.74) is 1.07. The predicted molar refractivity (Wildman–Crippen MR) is 108 cm³/mol. The maximum Gasteiger partial charge on any atom is 0.319 e. The van der Waals surface area contributed by atoms with Crippen molar-refractivity contribution in [2.75, 3.05) is 31.6 Å². The fourth-order valence-corrected chi connectivity index (χ4v) is 2.30. The largest absolute Gasteiger partial charge is 0.489 e. The maximum absolute atomic E-state index is 11.7. The summed E-state index contributed by atoms with van der Waals surface area (Å²) < 4.78 is 5.46. The number of nitrogens with one attached hydrogen (secondary N) is 3. The van der Waals surface area contributed by atoms with Crippen LogP contribution < -0.4 is 20.7 Å². The Balaban J connectivity index is 0.00000392. The van der Waals surface area contributed by atoms with Gasteiger partial charge in [-0.2, -0.15) is 5.26 Å². The van der Waals surface area contributed by atoms with E-state index in [9.17, 15) is 9.90 Å². The lowest BCUT2D eigenvalue weighted by molar-refractivity contribution is 0.106. The number of halogens is 1. The highest BCUT2D eigenvalue weighted by Gasteiger charge is 2.07. The first kappa shape index (κ1) is 23.2. The number of ether oxygens (including phenoxy) is 1. The number of para-hydroxylation sites is 1. The van der Waals surface area contributed by atoms with E-state index in [1.807, 2.05) is 6.07 Å². The number of amides is 2. The molecule has 2 amide bonds. The van der Waals surface area contributed by atoms with Crippen LogP contribution in [0, 0.1) is 11.3 Å². The molecular weight excluding hydrogens is 384 g/mol. The molecule has 8 nitrogen and oxygen atoms in total. The number of rotatable bonds is 9. The van der Waals surface area contributed by atoms with Crippen LogP contribution in [0.15, 0.2) is 48.5 Å². The van der Waals surface area contributed by atoms with Gasteiger partial charge in [0.15, 0.2) is 0 Å². The lowest BCUT2D eigenvalue weighted by Crippen LogP contribution is -2.38. The number of urea groups is 1. The van der Waals surface area contributed by atoms with Crippen molar-refractivity contribution in [3.05, 3.63) is 59.1 Å². The lowest BCUT2D eigenvalue weighted by atomic mass is 10.2. The molecule has 1 unspecified atom stereocenters. The number of benzene rings is 2. The number of carbonyl (C=O) groups excluding carboxylic acids is 1. The number of nitrogens with zero attached hydrogens (tertiary/aromatic N) is 1. The van der Waals surface area contributed by atoms with Gasteiger partial charge in [0.05, 0.1) is 5.56 Å². The molecule has 9 heteroatoms. The Morgan fingerprint density at radius 2 is 1.89 bits per heavy atom. The van der Waals surface area contributed by atoms with E-state index in [4.69, 9.17) is 21.6 Å². The molecule has 0 saturated carbocycles. The van der Waals surface area contributed by atoms with Gasteiger partial charge in [0.1, 0.15) is 24.5 Å². The Bertz CT molecular complexity index is 780. The van der Waals surface area contributed by atoms with Gasteiger partial charge < -0.3 is 31.3 Å². The van der Waals surface area contributed by atoms with Crippen LogP contribution in [0.4, 0.5) is 10.5 Å². The molecule has 28 heavy (non-hydrogen) atoms. The van der Waals surface area contributed by atoms with E-state index < -0.39 is 6.10 Å². The van der Waals surface area contributed by atoms with E-state index in [1.54, 1.807) is 48.5 Å². The summed E-state index contributed by atoms with van der Waals surface area (Å²) in [4.78, 5) is 11.7. The standard InChI is InChI=1S/C19H21ClN4O3.H2O/c20-15-5-7-16(8-6-15)24-19(26)23-10-9-22-12-17(25)13-27-18-4-2-1-3-14(18)11-21;/h1-8,17,22,25H,9-10,12-13H2,(H2,23,24,26);1H2. The predicted octanol–water partition coefficient (Wildman–Crippen LogP) is 1.54.